The minimum atomic E-state index is 0.179. The zero-order chi connectivity index (χ0) is 10.6. The summed E-state index contributed by atoms with van der Waals surface area (Å²) in [6.07, 6.45) is 7.12. The molecular formula is C12H21NO. The fourth-order valence-corrected chi connectivity index (χ4v) is 2.06. The number of likely N-dealkylation sites (tertiary alicyclic amines) is 1. The summed E-state index contributed by atoms with van der Waals surface area (Å²) in [5.74, 6) is 0.888. The molecule has 1 heterocycles. The van der Waals surface area contributed by atoms with E-state index in [-0.39, 0.29) is 5.91 Å². The van der Waals surface area contributed by atoms with E-state index in [4.69, 9.17) is 0 Å². The maximum Gasteiger partial charge on any atom is 0.246 e. The largest absolute Gasteiger partial charge is 0.336 e. The molecule has 1 aliphatic rings. The molecule has 0 aromatic carbocycles. The van der Waals surface area contributed by atoms with Crippen LogP contribution in [0.1, 0.15) is 40.0 Å². The number of nitrogens with zero attached hydrogens (tertiary/aromatic N) is 1. The highest BCUT2D eigenvalue weighted by Gasteiger charge is 2.26. The minimum absolute atomic E-state index is 0.179. The van der Waals surface area contributed by atoms with E-state index in [9.17, 15) is 4.79 Å². The number of hydrogen-bond donors (Lipinski definition) is 0. The van der Waals surface area contributed by atoms with E-state index in [1.54, 1.807) is 6.08 Å². The van der Waals surface area contributed by atoms with Gasteiger partial charge in [0, 0.05) is 12.6 Å². The second kappa shape index (κ2) is 5.18. The predicted octanol–water partition coefficient (Wildman–Crippen LogP) is 2.60. The van der Waals surface area contributed by atoms with Crippen LogP contribution < -0.4 is 0 Å². The molecule has 0 aromatic heterocycles. The Morgan fingerprint density at radius 1 is 1.50 bits per heavy atom. The van der Waals surface area contributed by atoms with Crippen LogP contribution in [0, 0.1) is 5.92 Å². The van der Waals surface area contributed by atoms with Crippen molar-refractivity contribution < 1.29 is 4.79 Å². The van der Waals surface area contributed by atoms with Crippen LogP contribution in [0.25, 0.3) is 0 Å². The van der Waals surface area contributed by atoms with Crippen LogP contribution >= 0.6 is 0 Å². The van der Waals surface area contributed by atoms with E-state index < -0.39 is 0 Å². The van der Waals surface area contributed by atoms with Crippen molar-refractivity contribution in [3.63, 3.8) is 0 Å². The van der Waals surface area contributed by atoms with Gasteiger partial charge in [-0.05, 0) is 38.7 Å². The molecule has 0 spiro atoms. The topological polar surface area (TPSA) is 20.3 Å². The van der Waals surface area contributed by atoms with Crippen LogP contribution in [0.15, 0.2) is 12.2 Å². The van der Waals surface area contributed by atoms with Gasteiger partial charge in [0.2, 0.25) is 5.91 Å². The average Bonchev–Trinajstić information content (AvgIpc) is 2.19. The van der Waals surface area contributed by atoms with Gasteiger partial charge in [0.05, 0.1) is 0 Å². The molecule has 0 aromatic rings. The molecule has 1 fully saturated rings. The maximum atomic E-state index is 11.7. The van der Waals surface area contributed by atoms with E-state index in [0.717, 1.165) is 13.0 Å². The van der Waals surface area contributed by atoms with Crippen LogP contribution in [-0.4, -0.2) is 23.4 Å². The van der Waals surface area contributed by atoms with Gasteiger partial charge in [0.15, 0.2) is 0 Å². The average molecular weight is 195 g/mol. The Balaban J connectivity index is 2.60. The summed E-state index contributed by atoms with van der Waals surface area (Å²) in [7, 11) is 0. The van der Waals surface area contributed by atoms with E-state index in [0.29, 0.717) is 12.0 Å². The molecule has 14 heavy (non-hydrogen) atoms. The highest BCUT2D eigenvalue weighted by atomic mass is 16.2. The third-order valence-corrected chi connectivity index (χ3v) is 3.15. The molecule has 2 nitrogen and oxygen atoms in total. The zero-order valence-electron chi connectivity index (χ0n) is 9.49. The van der Waals surface area contributed by atoms with Crippen molar-refractivity contribution in [1.82, 2.24) is 4.90 Å². The van der Waals surface area contributed by atoms with Crippen molar-refractivity contribution in [2.24, 2.45) is 5.92 Å². The highest BCUT2D eigenvalue weighted by Crippen LogP contribution is 2.24. The van der Waals surface area contributed by atoms with Gasteiger partial charge < -0.3 is 4.90 Å². The molecule has 0 bridgehead atoms. The molecule has 80 valence electrons. The lowest BCUT2D eigenvalue weighted by atomic mass is 9.91. The normalized spacial score (nSPS) is 28.4. The lowest BCUT2D eigenvalue weighted by Crippen LogP contribution is -2.44. The number of amides is 1. The van der Waals surface area contributed by atoms with Crippen molar-refractivity contribution in [1.29, 1.82) is 0 Å². The van der Waals surface area contributed by atoms with Gasteiger partial charge in [-0.1, -0.05) is 19.4 Å². The van der Waals surface area contributed by atoms with Gasteiger partial charge in [0.1, 0.15) is 0 Å². The molecule has 2 heteroatoms. The number of piperidine rings is 1. The Morgan fingerprint density at radius 2 is 2.21 bits per heavy atom. The molecule has 0 N–H and O–H groups in total. The third-order valence-electron chi connectivity index (χ3n) is 3.15. The summed E-state index contributed by atoms with van der Waals surface area (Å²) in [5.41, 5.74) is 0. The Hall–Kier alpha value is -0.790. The smallest absolute Gasteiger partial charge is 0.246 e. The minimum Gasteiger partial charge on any atom is -0.336 e. The summed E-state index contributed by atoms with van der Waals surface area (Å²) >= 11 is 0. The predicted molar refractivity (Wildman–Crippen MR) is 59.0 cm³/mol. The van der Waals surface area contributed by atoms with E-state index in [1.807, 2.05) is 17.9 Å². The van der Waals surface area contributed by atoms with Crippen molar-refractivity contribution in [2.75, 3.05) is 6.54 Å². The summed E-state index contributed by atoms with van der Waals surface area (Å²) in [4.78, 5) is 13.7. The Kier molecular flexibility index (Phi) is 4.18. The first-order chi connectivity index (χ1) is 6.69. The van der Waals surface area contributed by atoms with Crippen LogP contribution in [0.4, 0.5) is 0 Å². The Labute approximate surface area is 87.0 Å². The van der Waals surface area contributed by atoms with Crippen molar-refractivity contribution in [2.45, 2.75) is 46.1 Å². The fourth-order valence-electron chi connectivity index (χ4n) is 2.06. The number of hydrogen-bond acceptors (Lipinski definition) is 1. The van der Waals surface area contributed by atoms with Crippen LogP contribution in [0.5, 0.6) is 0 Å². The number of allylic oxidation sites excluding steroid dienone is 1. The summed E-state index contributed by atoms with van der Waals surface area (Å²) in [6.45, 7) is 7.19. The number of carbonyl (C=O) groups is 1. The highest BCUT2D eigenvalue weighted by molar-refractivity contribution is 5.87. The Morgan fingerprint density at radius 3 is 2.79 bits per heavy atom. The standard InChI is InChI=1S/C12H21NO/c1-4-6-12(14)13-9-11(5-2)8-7-10(13)3/h4,6,10-11H,5,7-9H2,1-3H3/b6-4+/t10-,11+/m0/s1. The molecule has 1 amide bonds. The lowest BCUT2D eigenvalue weighted by molar-refractivity contribution is -0.130. The summed E-state index contributed by atoms with van der Waals surface area (Å²) in [5, 5.41) is 0. The van der Waals surface area contributed by atoms with Crippen LogP contribution in [0.3, 0.4) is 0 Å². The van der Waals surface area contributed by atoms with E-state index >= 15 is 0 Å². The maximum absolute atomic E-state index is 11.7. The molecule has 2 atom stereocenters. The first kappa shape index (κ1) is 11.3. The summed E-state index contributed by atoms with van der Waals surface area (Å²) in [6, 6.07) is 0.418. The zero-order valence-corrected chi connectivity index (χ0v) is 9.49. The van der Waals surface area contributed by atoms with Gasteiger partial charge >= 0.3 is 0 Å². The van der Waals surface area contributed by atoms with Gasteiger partial charge in [-0.25, -0.2) is 0 Å². The molecule has 1 aliphatic heterocycles. The molecular weight excluding hydrogens is 174 g/mol. The van der Waals surface area contributed by atoms with E-state index in [1.165, 1.54) is 12.8 Å². The molecule has 0 unspecified atom stereocenters. The van der Waals surface area contributed by atoms with Gasteiger partial charge in [-0.2, -0.15) is 0 Å². The Bertz CT molecular complexity index is 222. The monoisotopic (exact) mass is 195 g/mol. The van der Waals surface area contributed by atoms with Gasteiger partial charge in [-0.3, -0.25) is 4.79 Å². The lowest BCUT2D eigenvalue weighted by Gasteiger charge is -2.37. The number of carbonyl (C=O) groups excluding carboxylic acids is 1. The van der Waals surface area contributed by atoms with Crippen LogP contribution in [-0.2, 0) is 4.79 Å². The third kappa shape index (κ3) is 2.60. The molecule has 1 rings (SSSR count). The molecule has 0 saturated carbocycles. The molecule has 0 radical (unpaired) electrons. The first-order valence-electron chi connectivity index (χ1n) is 5.62. The van der Waals surface area contributed by atoms with Crippen molar-refractivity contribution in [3.05, 3.63) is 12.2 Å². The van der Waals surface area contributed by atoms with Gasteiger partial charge in [0.25, 0.3) is 0 Å². The van der Waals surface area contributed by atoms with Crippen molar-refractivity contribution >= 4 is 5.91 Å². The van der Waals surface area contributed by atoms with Crippen molar-refractivity contribution in [3.8, 4) is 0 Å². The SMILES string of the molecule is C/C=C/C(=O)N1C[C@H](CC)CC[C@@H]1C. The summed E-state index contributed by atoms with van der Waals surface area (Å²) < 4.78 is 0. The fraction of sp³-hybridized carbons (Fsp3) is 0.750. The quantitative estimate of drug-likeness (QED) is 0.620. The molecule has 1 saturated heterocycles. The number of rotatable bonds is 2. The second-order valence-electron chi connectivity index (χ2n) is 4.19. The first-order valence-corrected chi connectivity index (χ1v) is 5.62. The van der Waals surface area contributed by atoms with Crippen LogP contribution in [0.2, 0.25) is 0 Å². The molecule has 0 aliphatic carbocycles. The van der Waals surface area contributed by atoms with Gasteiger partial charge in [-0.15, -0.1) is 0 Å². The van der Waals surface area contributed by atoms with E-state index in [2.05, 4.69) is 13.8 Å². The second-order valence-corrected chi connectivity index (χ2v) is 4.19.